The number of ether oxygens (including phenoxy) is 1. The molecule has 2 rings (SSSR count). The second kappa shape index (κ2) is 5.64. The molecule has 2 aliphatic rings. The lowest BCUT2D eigenvalue weighted by Crippen LogP contribution is -2.38. The van der Waals surface area contributed by atoms with E-state index in [0.717, 1.165) is 52.2 Å². The fourth-order valence-corrected chi connectivity index (χ4v) is 2.16. The first-order valence-electron chi connectivity index (χ1n) is 6.35. The quantitative estimate of drug-likeness (QED) is 0.693. The molecule has 0 aromatic rings. The van der Waals surface area contributed by atoms with Crippen molar-refractivity contribution in [1.29, 1.82) is 0 Å². The van der Waals surface area contributed by atoms with Crippen molar-refractivity contribution in [3.63, 3.8) is 0 Å². The highest BCUT2D eigenvalue weighted by Gasteiger charge is 2.38. The molecule has 4 nitrogen and oxygen atoms in total. The maximum Gasteiger partial charge on any atom is 0.223 e. The summed E-state index contributed by atoms with van der Waals surface area (Å²) in [5, 5.41) is 3.02. The van der Waals surface area contributed by atoms with Gasteiger partial charge in [-0.1, -0.05) is 6.92 Å². The van der Waals surface area contributed by atoms with Gasteiger partial charge in [0, 0.05) is 25.6 Å². The van der Waals surface area contributed by atoms with Crippen LogP contribution in [0.3, 0.4) is 0 Å². The highest BCUT2D eigenvalue weighted by Crippen LogP contribution is 2.37. The van der Waals surface area contributed by atoms with E-state index in [1.54, 1.807) is 0 Å². The van der Waals surface area contributed by atoms with Crippen LogP contribution in [0.5, 0.6) is 0 Å². The summed E-state index contributed by atoms with van der Waals surface area (Å²) < 4.78 is 5.28. The minimum Gasteiger partial charge on any atom is -0.379 e. The van der Waals surface area contributed by atoms with Gasteiger partial charge in [-0.2, -0.15) is 0 Å². The van der Waals surface area contributed by atoms with Crippen LogP contribution in [0.25, 0.3) is 0 Å². The predicted octanol–water partition coefficient (Wildman–Crippen LogP) is 0.481. The summed E-state index contributed by atoms with van der Waals surface area (Å²) in [5.41, 5.74) is 0. The van der Waals surface area contributed by atoms with Crippen LogP contribution >= 0.6 is 0 Å². The average Bonchev–Trinajstić information content (AvgIpc) is 3.03. The third-order valence-corrected chi connectivity index (χ3v) is 3.50. The van der Waals surface area contributed by atoms with Gasteiger partial charge in [0.15, 0.2) is 0 Å². The highest BCUT2D eigenvalue weighted by molar-refractivity contribution is 5.81. The fraction of sp³-hybridized carbons (Fsp3) is 0.917. The molecule has 1 saturated carbocycles. The van der Waals surface area contributed by atoms with E-state index >= 15 is 0 Å². The van der Waals surface area contributed by atoms with Gasteiger partial charge < -0.3 is 10.1 Å². The first-order chi connectivity index (χ1) is 7.77. The number of rotatable bonds is 5. The van der Waals surface area contributed by atoms with Gasteiger partial charge in [-0.05, 0) is 25.3 Å². The number of hydrogen-bond donors (Lipinski definition) is 1. The van der Waals surface area contributed by atoms with Crippen molar-refractivity contribution in [2.75, 3.05) is 39.4 Å². The van der Waals surface area contributed by atoms with Gasteiger partial charge in [-0.25, -0.2) is 0 Å². The molecule has 1 heterocycles. The monoisotopic (exact) mass is 226 g/mol. The lowest BCUT2D eigenvalue weighted by molar-refractivity contribution is -0.122. The molecule has 0 bridgehead atoms. The van der Waals surface area contributed by atoms with Gasteiger partial charge in [0.25, 0.3) is 0 Å². The Morgan fingerprint density at radius 2 is 2.12 bits per heavy atom. The zero-order chi connectivity index (χ0) is 11.4. The fourth-order valence-electron chi connectivity index (χ4n) is 2.16. The number of carbonyl (C=O) groups excluding carboxylic acids is 1. The van der Waals surface area contributed by atoms with Crippen molar-refractivity contribution in [2.45, 2.75) is 19.8 Å². The van der Waals surface area contributed by atoms with Gasteiger partial charge in [-0.15, -0.1) is 0 Å². The van der Waals surface area contributed by atoms with Crippen LogP contribution in [0.4, 0.5) is 0 Å². The van der Waals surface area contributed by atoms with Gasteiger partial charge >= 0.3 is 0 Å². The summed E-state index contributed by atoms with van der Waals surface area (Å²) in [6.07, 6.45) is 2.13. The van der Waals surface area contributed by atoms with E-state index in [1.165, 1.54) is 0 Å². The average molecular weight is 226 g/mol. The Morgan fingerprint density at radius 3 is 2.75 bits per heavy atom. The largest absolute Gasteiger partial charge is 0.379 e. The van der Waals surface area contributed by atoms with Gasteiger partial charge in [0.1, 0.15) is 0 Å². The molecule has 0 radical (unpaired) electrons. The Hall–Kier alpha value is -0.610. The van der Waals surface area contributed by atoms with E-state index in [0.29, 0.717) is 11.8 Å². The molecule has 92 valence electrons. The second-order valence-electron chi connectivity index (χ2n) is 4.92. The van der Waals surface area contributed by atoms with Gasteiger partial charge in [0.2, 0.25) is 5.91 Å². The van der Waals surface area contributed by atoms with Crippen LogP contribution in [0.2, 0.25) is 0 Å². The second-order valence-corrected chi connectivity index (χ2v) is 4.92. The molecule has 1 aliphatic heterocycles. The van der Waals surface area contributed by atoms with Crippen molar-refractivity contribution in [1.82, 2.24) is 10.2 Å². The lowest BCUT2D eigenvalue weighted by Gasteiger charge is -2.26. The SMILES string of the molecule is C[C@@H]1C[C@@H]1C(=O)NCCCN1CCOCC1. The standard InChI is InChI=1S/C12H22N2O2/c1-10-9-11(10)12(15)13-3-2-4-14-5-7-16-8-6-14/h10-11H,2-9H2,1H3,(H,13,15)/t10-,11+/m1/s1. The molecule has 0 spiro atoms. The van der Waals surface area contributed by atoms with Crippen LogP contribution in [-0.4, -0.2) is 50.2 Å². The summed E-state index contributed by atoms with van der Waals surface area (Å²) in [7, 11) is 0. The third kappa shape index (κ3) is 3.46. The van der Waals surface area contributed by atoms with Crippen molar-refractivity contribution in [3.05, 3.63) is 0 Å². The van der Waals surface area contributed by atoms with Crippen molar-refractivity contribution < 1.29 is 9.53 Å². The topological polar surface area (TPSA) is 41.6 Å². The summed E-state index contributed by atoms with van der Waals surface area (Å²) in [6, 6.07) is 0. The molecule has 0 unspecified atom stereocenters. The Kier molecular flexibility index (Phi) is 4.18. The Balaban J connectivity index is 1.49. The first kappa shape index (κ1) is 11.9. The molecule has 1 saturated heterocycles. The van der Waals surface area contributed by atoms with E-state index in [9.17, 15) is 4.79 Å². The highest BCUT2D eigenvalue weighted by atomic mass is 16.5. The van der Waals surface area contributed by atoms with Gasteiger partial charge in [-0.3, -0.25) is 9.69 Å². The third-order valence-electron chi connectivity index (χ3n) is 3.50. The van der Waals surface area contributed by atoms with Crippen LogP contribution in [0.1, 0.15) is 19.8 Å². The Morgan fingerprint density at radius 1 is 1.44 bits per heavy atom. The number of carbonyl (C=O) groups is 1. The molecule has 2 fully saturated rings. The minimum atomic E-state index is 0.259. The van der Waals surface area contributed by atoms with Gasteiger partial charge in [0.05, 0.1) is 13.2 Å². The maximum absolute atomic E-state index is 11.5. The number of nitrogens with zero attached hydrogens (tertiary/aromatic N) is 1. The molecule has 0 aromatic carbocycles. The molecule has 4 heteroatoms. The molecule has 1 aliphatic carbocycles. The molecular weight excluding hydrogens is 204 g/mol. The van der Waals surface area contributed by atoms with E-state index in [-0.39, 0.29) is 5.91 Å². The Labute approximate surface area is 97.3 Å². The van der Waals surface area contributed by atoms with E-state index in [4.69, 9.17) is 4.74 Å². The summed E-state index contributed by atoms with van der Waals surface area (Å²) >= 11 is 0. The molecule has 0 aromatic heterocycles. The summed E-state index contributed by atoms with van der Waals surface area (Å²) in [4.78, 5) is 13.9. The number of amides is 1. The van der Waals surface area contributed by atoms with Crippen LogP contribution in [0, 0.1) is 11.8 Å². The number of hydrogen-bond acceptors (Lipinski definition) is 3. The zero-order valence-electron chi connectivity index (χ0n) is 10.1. The van der Waals surface area contributed by atoms with E-state index in [2.05, 4.69) is 17.1 Å². The summed E-state index contributed by atoms with van der Waals surface area (Å²) in [6.45, 7) is 7.81. The van der Waals surface area contributed by atoms with Crippen molar-refractivity contribution in [2.24, 2.45) is 11.8 Å². The molecule has 1 amide bonds. The van der Waals surface area contributed by atoms with Crippen LogP contribution in [-0.2, 0) is 9.53 Å². The number of morpholine rings is 1. The summed E-state index contributed by atoms with van der Waals surface area (Å²) in [5.74, 6) is 1.18. The molecular formula is C12H22N2O2. The van der Waals surface area contributed by atoms with Crippen molar-refractivity contribution >= 4 is 5.91 Å². The number of nitrogens with one attached hydrogen (secondary N) is 1. The maximum atomic E-state index is 11.5. The lowest BCUT2D eigenvalue weighted by atomic mass is 10.3. The van der Waals surface area contributed by atoms with E-state index < -0.39 is 0 Å². The molecule has 16 heavy (non-hydrogen) atoms. The van der Waals surface area contributed by atoms with E-state index in [1.807, 2.05) is 0 Å². The smallest absolute Gasteiger partial charge is 0.223 e. The minimum absolute atomic E-state index is 0.259. The molecule has 1 N–H and O–H groups in total. The normalized spacial score (nSPS) is 30.1. The Bertz CT molecular complexity index is 239. The first-order valence-corrected chi connectivity index (χ1v) is 6.35. The molecule has 2 atom stereocenters. The van der Waals surface area contributed by atoms with Crippen LogP contribution in [0.15, 0.2) is 0 Å². The zero-order valence-corrected chi connectivity index (χ0v) is 10.1. The van der Waals surface area contributed by atoms with Crippen molar-refractivity contribution in [3.8, 4) is 0 Å². The van der Waals surface area contributed by atoms with Crippen LogP contribution < -0.4 is 5.32 Å². The predicted molar refractivity (Wildman–Crippen MR) is 62.2 cm³/mol.